The summed E-state index contributed by atoms with van der Waals surface area (Å²) in [5, 5.41) is 2.61. The lowest BCUT2D eigenvalue weighted by molar-refractivity contribution is 0.141. The van der Waals surface area contributed by atoms with E-state index in [2.05, 4.69) is 12.2 Å². The molecule has 3 N–H and O–H groups in total. The van der Waals surface area contributed by atoms with E-state index in [4.69, 9.17) is 5.73 Å². The molecule has 19 heavy (non-hydrogen) atoms. The number of urea groups is 1. The van der Waals surface area contributed by atoms with Gasteiger partial charge in [-0.2, -0.15) is 0 Å². The molecule has 1 fully saturated rings. The maximum absolute atomic E-state index is 13.4. The van der Waals surface area contributed by atoms with Crippen LogP contribution in [0.2, 0.25) is 0 Å². The topological polar surface area (TPSA) is 58.4 Å². The molecule has 0 spiro atoms. The molecule has 0 bridgehead atoms. The summed E-state index contributed by atoms with van der Waals surface area (Å²) in [6.07, 6.45) is 1.77. The number of anilines is 1. The number of piperidine rings is 1. The van der Waals surface area contributed by atoms with Gasteiger partial charge in [-0.15, -0.1) is 0 Å². The fourth-order valence-corrected chi connectivity index (χ4v) is 2.21. The van der Waals surface area contributed by atoms with Gasteiger partial charge in [0, 0.05) is 13.1 Å². The maximum Gasteiger partial charge on any atom is 0.321 e. The number of hydrogen-bond acceptors (Lipinski definition) is 2. The Morgan fingerprint density at radius 3 is 2.63 bits per heavy atom. The van der Waals surface area contributed by atoms with Crippen LogP contribution in [-0.4, -0.2) is 30.6 Å². The van der Waals surface area contributed by atoms with Crippen LogP contribution >= 0.6 is 0 Å². The Morgan fingerprint density at radius 2 is 2.05 bits per heavy atom. The van der Waals surface area contributed by atoms with E-state index in [-0.39, 0.29) is 17.1 Å². The SMILES string of the molecule is CC1(CN)CCN(C(=O)Nc2ccccc2F)CC1. The van der Waals surface area contributed by atoms with E-state index in [0.717, 1.165) is 12.8 Å². The average molecular weight is 265 g/mol. The summed E-state index contributed by atoms with van der Waals surface area (Å²) < 4.78 is 13.4. The minimum absolute atomic E-state index is 0.120. The third-order valence-electron chi connectivity index (χ3n) is 3.87. The fourth-order valence-electron chi connectivity index (χ4n) is 2.21. The number of carbonyl (C=O) groups is 1. The smallest absolute Gasteiger partial charge is 0.321 e. The number of carbonyl (C=O) groups excluding carboxylic acids is 1. The van der Waals surface area contributed by atoms with Crippen LogP contribution in [0.4, 0.5) is 14.9 Å². The zero-order chi connectivity index (χ0) is 13.9. The maximum atomic E-state index is 13.4. The highest BCUT2D eigenvalue weighted by molar-refractivity contribution is 5.89. The highest BCUT2D eigenvalue weighted by Gasteiger charge is 2.30. The van der Waals surface area contributed by atoms with Crippen LogP contribution in [0.5, 0.6) is 0 Å². The number of nitrogens with two attached hydrogens (primary N) is 1. The quantitative estimate of drug-likeness (QED) is 0.862. The molecule has 5 heteroatoms. The van der Waals surface area contributed by atoms with Crippen LogP contribution in [0.1, 0.15) is 19.8 Å². The van der Waals surface area contributed by atoms with Gasteiger partial charge >= 0.3 is 6.03 Å². The van der Waals surface area contributed by atoms with Crippen LogP contribution in [-0.2, 0) is 0 Å². The number of rotatable bonds is 2. The predicted octanol–water partition coefficient (Wildman–Crippen LogP) is 2.42. The molecule has 0 saturated carbocycles. The second-order valence-corrected chi connectivity index (χ2v) is 5.41. The number of nitrogens with zero attached hydrogens (tertiary/aromatic N) is 1. The molecular formula is C14H20FN3O. The van der Waals surface area contributed by atoms with Crippen molar-refractivity contribution in [2.45, 2.75) is 19.8 Å². The molecule has 0 radical (unpaired) electrons. The van der Waals surface area contributed by atoms with Crippen LogP contribution in [0.15, 0.2) is 24.3 Å². The van der Waals surface area contributed by atoms with Gasteiger partial charge in [0.2, 0.25) is 0 Å². The minimum Gasteiger partial charge on any atom is -0.330 e. The van der Waals surface area contributed by atoms with Crippen molar-refractivity contribution in [2.75, 3.05) is 25.0 Å². The van der Waals surface area contributed by atoms with Crippen molar-refractivity contribution >= 4 is 11.7 Å². The van der Waals surface area contributed by atoms with E-state index in [0.29, 0.717) is 19.6 Å². The summed E-state index contributed by atoms with van der Waals surface area (Å²) in [5.41, 5.74) is 6.08. The fraction of sp³-hybridized carbons (Fsp3) is 0.500. The Hall–Kier alpha value is -1.62. The van der Waals surface area contributed by atoms with Gasteiger partial charge < -0.3 is 16.0 Å². The number of halogens is 1. The third-order valence-corrected chi connectivity index (χ3v) is 3.87. The first kappa shape index (κ1) is 13.8. The van der Waals surface area contributed by atoms with Crippen molar-refractivity contribution < 1.29 is 9.18 Å². The molecule has 2 amide bonds. The van der Waals surface area contributed by atoms with Crippen LogP contribution in [0, 0.1) is 11.2 Å². The molecule has 2 rings (SSSR count). The van der Waals surface area contributed by atoms with Crippen molar-refractivity contribution in [1.82, 2.24) is 4.90 Å². The normalized spacial score (nSPS) is 18.2. The molecule has 1 aromatic rings. The lowest BCUT2D eigenvalue weighted by atomic mass is 9.81. The Morgan fingerprint density at radius 1 is 1.42 bits per heavy atom. The Labute approximate surface area is 112 Å². The summed E-state index contributed by atoms with van der Waals surface area (Å²) in [7, 11) is 0. The molecule has 1 heterocycles. The average Bonchev–Trinajstić information content (AvgIpc) is 2.42. The van der Waals surface area contributed by atoms with Crippen molar-refractivity contribution in [3.05, 3.63) is 30.1 Å². The van der Waals surface area contributed by atoms with Crippen molar-refractivity contribution in [3.8, 4) is 0 Å². The highest BCUT2D eigenvalue weighted by atomic mass is 19.1. The molecule has 1 aromatic carbocycles. The summed E-state index contributed by atoms with van der Waals surface area (Å²) in [6.45, 7) is 4.09. The molecule has 1 saturated heterocycles. The minimum atomic E-state index is -0.417. The molecule has 0 aromatic heterocycles. The number of benzene rings is 1. The van der Waals surface area contributed by atoms with E-state index in [1.165, 1.54) is 6.07 Å². The highest BCUT2D eigenvalue weighted by Crippen LogP contribution is 2.29. The summed E-state index contributed by atoms with van der Waals surface area (Å²) in [6, 6.07) is 5.93. The van der Waals surface area contributed by atoms with Gasteiger partial charge in [0.1, 0.15) is 5.82 Å². The number of amides is 2. The zero-order valence-electron chi connectivity index (χ0n) is 11.2. The molecule has 0 unspecified atom stereocenters. The molecule has 0 aliphatic carbocycles. The van der Waals surface area contributed by atoms with E-state index < -0.39 is 5.82 Å². The number of hydrogen-bond donors (Lipinski definition) is 2. The molecule has 1 aliphatic rings. The van der Waals surface area contributed by atoms with Crippen LogP contribution in [0.3, 0.4) is 0 Å². The lowest BCUT2D eigenvalue weighted by Crippen LogP contribution is -2.46. The summed E-state index contributed by atoms with van der Waals surface area (Å²) in [5.74, 6) is -0.417. The monoisotopic (exact) mass is 265 g/mol. The first-order valence-corrected chi connectivity index (χ1v) is 6.55. The number of para-hydroxylation sites is 1. The summed E-state index contributed by atoms with van der Waals surface area (Å²) in [4.78, 5) is 13.7. The number of likely N-dealkylation sites (tertiary alicyclic amines) is 1. The van der Waals surface area contributed by atoms with Crippen LogP contribution in [0.25, 0.3) is 0 Å². The van der Waals surface area contributed by atoms with Gasteiger partial charge in [-0.25, -0.2) is 9.18 Å². The Bertz CT molecular complexity index is 456. The largest absolute Gasteiger partial charge is 0.330 e. The van der Waals surface area contributed by atoms with E-state index >= 15 is 0 Å². The second-order valence-electron chi connectivity index (χ2n) is 5.41. The lowest BCUT2D eigenvalue weighted by Gasteiger charge is -2.38. The first-order valence-electron chi connectivity index (χ1n) is 6.55. The molecule has 104 valence electrons. The van der Waals surface area contributed by atoms with Crippen LogP contribution < -0.4 is 11.1 Å². The van der Waals surface area contributed by atoms with Gasteiger partial charge in [0.25, 0.3) is 0 Å². The van der Waals surface area contributed by atoms with Crippen molar-refractivity contribution in [1.29, 1.82) is 0 Å². The molecule has 1 aliphatic heterocycles. The van der Waals surface area contributed by atoms with E-state index in [9.17, 15) is 9.18 Å². The van der Waals surface area contributed by atoms with Gasteiger partial charge in [-0.3, -0.25) is 0 Å². The standard InChI is InChI=1S/C14H20FN3O/c1-14(10-16)6-8-18(9-7-14)13(19)17-12-5-3-2-4-11(12)15/h2-5H,6-10,16H2,1H3,(H,17,19). The van der Waals surface area contributed by atoms with Crippen molar-refractivity contribution in [3.63, 3.8) is 0 Å². The Balaban J connectivity index is 1.94. The zero-order valence-corrected chi connectivity index (χ0v) is 11.2. The van der Waals surface area contributed by atoms with Gasteiger partial charge in [-0.1, -0.05) is 19.1 Å². The second kappa shape index (κ2) is 5.57. The van der Waals surface area contributed by atoms with Gasteiger partial charge in [0.15, 0.2) is 0 Å². The van der Waals surface area contributed by atoms with Gasteiger partial charge in [-0.05, 0) is 36.9 Å². The molecule has 0 atom stereocenters. The predicted molar refractivity (Wildman–Crippen MR) is 73.4 cm³/mol. The first-order chi connectivity index (χ1) is 9.04. The third kappa shape index (κ3) is 3.23. The van der Waals surface area contributed by atoms with Gasteiger partial charge in [0.05, 0.1) is 5.69 Å². The molecule has 4 nitrogen and oxygen atoms in total. The molecular weight excluding hydrogens is 245 g/mol. The Kier molecular flexibility index (Phi) is 4.04. The van der Waals surface area contributed by atoms with E-state index in [1.54, 1.807) is 23.1 Å². The van der Waals surface area contributed by atoms with Crippen molar-refractivity contribution in [2.24, 2.45) is 11.1 Å². The summed E-state index contributed by atoms with van der Waals surface area (Å²) >= 11 is 0. The number of nitrogens with one attached hydrogen (secondary N) is 1. The van der Waals surface area contributed by atoms with E-state index in [1.807, 2.05) is 0 Å².